The Bertz CT molecular complexity index is 74.0. The van der Waals surface area contributed by atoms with Crippen molar-refractivity contribution in [2.24, 2.45) is 5.92 Å². The first-order valence-corrected chi connectivity index (χ1v) is 4.56. The second kappa shape index (κ2) is 8.02. The summed E-state index contributed by atoms with van der Waals surface area (Å²) in [5.74, 6) is 0.464. The molecule has 0 aliphatic rings. The Morgan fingerprint density at radius 1 is 1.09 bits per heavy atom. The smallest absolute Gasteiger partial charge is 0.0459 e. The monoisotopic (exact) mass is 160 g/mol. The van der Waals surface area contributed by atoms with Gasteiger partial charge >= 0.3 is 0 Å². The molecule has 0 aliphatic heterocycles. The summed E-state index contributed by atoms with van der Waals surface area (Å²) in [5.41, 5.74) is 0. The Morgan fingerprint density at radius 2 is 1.82 bits per heavy atom. The summed E-state index contributed by atoms with van der Waals surface area (Å²) in [6.07, 6.45) is 5.24. The number of hydrogen-bond donors (Lipinski definition) is 2. The van der Waals surface area contributed by atoms with Gasteiger partial charge in [-0.15, -0.1) is 0 Å². The molecule has 0 rings (SSSR count). The maximum absolute atomic E-state index is 8.89. The van der Waals surface area contributed by atoms with Crippen LogP contribution in [0.3, 0.4) is 0 Å². The molecule has 0 spiro atoms. The summed E-state index contributed by atoms with van der Waals surface area (Å²) in [6, 6.07) is 0. The minimum Gasteiger partial charge on any atom is -0.396 e. The third kappa shape index (κ3) is 6.32. The summed E-state index contributed by atoms with van der Waals surface area (Å²) >= 11 is 0. The molecule has 0 fully saturated rings. The SMILES string of the molecule is CCC[C@H](CO)CCCCO. The highest BCUT2D eigenvalue weighted by molar-refractivity contribution is 4.56. The minimum atomic E-state index is 0.282. The zero-order chi connectivity index (χ0) is 8.53. The quantitative estimate of drug-likeness (QED) is 0.555. The van der Waals surface area contributed by atoms with E-state index in [0.717, 1.165) is 32.1 Å². The van der Waals surface area contributed by atoms with Crippen molar-refractivity contribution in [3.63, 3.8) is 0 Å². The van der Waals surface area contributed by atoms with Gasteiger partial charge in [0.05, 0.1) is 0 Å². The number of unbranched alkanes of at least 4 members (excludes halogenated alkanes) is 1. The van der Waals surface area contributed by atoms with E-state index in [4.69, 9.17) is 10.2 Å². The van der Waals surface area contributed by atoms with E-state index >= 15 is 0 Å². The normalized spacial score (nSPS) is 13.4. The van der Waals surface area contributed by atoms with Crippen molar-refractivity contribution < 1.29 is 10.2 Å². The second-order valence-electron chi connectivity index (χ2n) is 3.06. The number of aliphatic hydroxyl groups is 2. The largest absolute Gasteiger partial charge is 0.396 e. The van der Waals surface area contributed by atoms with Crippen molar-refractivity contribution in [1.29, 1.82) is 0 Å². The first-order chi connectivity index (χ1) is 5.35. The maximum atomic E-state index is 8.89. The number of rotatable bonds is 7. The summed E-state index contributed by atoms with van der Waals surface area (Å²) in [6.45, 7) is 2.72. The van der Waals surface area contributed by atoms with Crippen molar-refractivity contribution in [3.8, 4) is 0 Å². The van der Waals surface area contributed by atoms with Gasteiger partial charge in [-0.3, -0.25) is 0 Å². The van der Waals surface area contributed by atoms with Crippen molar-refractivity contribution in [2.45, 2.75) is 39.0 Å². The summed E-state index contributed by atoms with van der Waals surface area (Å²) in [4.78, 5) is 0. The molecular weight excluding hydrogens is 140 g/mol. The average molecular weight is 160 g/mol. The van der Waals surface area contributed by atoms with Crippen LogP contribution in [-0.2, 0) is 0 Å². The summed E-state index contributed by atoms with van der Waals surface area (Å²) < 4.78 is 0. The van der Waals surface area contributed by atoms with Crippen LogP contribution in [0.2, 0.25) is 0 Å². The molecule has 68 valence electrons. The molecular formula is C9H20O2. The highest BCUT2D eigenvalue weighted by Crippen LogP contribution is 2.13. The van der Waals surface area contributed by atoms with E-state index < -0.39 is 0 Å². The first kappa shape index (κ1) is 10.9. The Kier molecular flexibility index (Phi) is 7.96. The Balaban J connectivity index is 3.20. The van der Waals surface area contributed by atoms with Crippen LogP contribution in [0.4, 0.5) is 0 Å². The zero-order valence-corrected chi connectivity index (χ0v) is 7.42. The summed E-state index contributed by atoms with van der Waals surface area (Å²) in [5, 5.41) is 17.4. The van der Waals surface area contributed by atoms with Crippen molar-refractivity contribution in [1.82, 2.24) is 0 Å². The van der Waals surface area contributed by atoms with Crippen LogP contribution < -0.4 is 0 Å². The van der Waals surface area contributed by atoms with Crippen LogP contribution in [0, 0.1) is 5.92 Å². The maximum Gasteiger partial charge on any atom is 0.0459 e. The lowest BCUT2D eigenvalue weighted by Gasteiger charge is -2.11. The minimum absolute atomic E-state index is 0.282. The topological polar surface area (TPSA) is 40.5 Å². The Hall–Kier alpha value is -0.0800. The lowest BCUT2D eigenvalue weighted by molar-refractivity contribution is 0.201. The molecule has 0 radical (unpaired) electrons. The van der Waals surface area contributed by atoms with Gasteiger partial charge in [-0.2, -0.15) is 0 Å². The first-order valence-electron chi connectivity index (χ1n) is 4.56. The van der Waals surface area contributed by atoms with Gasteiger partial charge in [0, 0.05) is 13.2 Å². The molecule has 0 aromatic heterocycles. The fourth-order valence-corrected chi connectivity index (χ4v) is 1.28. The van der Waals surface area contributed by atoms with Gasteiger partial charge in [-0.25, -0.2) is 0 Å². The molecule has 0 aliphatic carbocycles. The van der Waals surface area contributed by atoms with Crippen LogP contribution >= 0.6 is 0 Å². The van der Waals surface area contributed by atoms with Gasteiger partial charge < -0.3 is 10.2 Å². The Morgan fingerprint density at radius 3 is 2.27 bits per heavy atom. The molecule has 0 amide bonds. The van der Waals surface area contributed by atoms with E-state index in [9.17, 15) is 0 Å². The lowest BCUT2D eigenvalue weighted by Crippen LogP contribution is -2.05. The van der Waals surface area contributed by atoms with Crippen LogP contribution in [0.1, 0.15) is 39.0 Å². The molecule has 2 heteroatoms. The predicted molar refractivity (Wildman–Crippen MR) is 46.4 cm³/mol. The van der Waals surface area contributed by atoms with Gasteiger partial charge in [0.2, 0.25) is 0 Å². The standard InChI is InChI=1S/C9H20O2/c1-2-5-9(8-11)6-3-4-7-10/h9-11H,2-8H2,1H3/t9-/m0/s1. The molecule has 11 heavy (non-hydrogen) atoms. The van der Waals surface area contributed by atoms with Gasteiger partial charge in [0.1, 0.15) is 0 Å². The van der Waals surface area contributed by atoms with Gasteiger partial charge in [-0.1, -0.05) is 19.8 Å². The molecule has 0 unspecified atom stereocenters. The second-order valence-corrected chi connectivity index (χ2v) is 3.06. The van der Waals surface area contributed by atoms with Gasteiger partial charge in [-0.05, 0) is 25.2 Å². The predicted octanol–water partition coefficient (Wildman–Crippen LogP) is 1.56. The van der Waals surface area contributed by atoms with E-state index in [2.05, 4.69) is 6.92 Å². The van der Waals surface area contributed by atoms with Crippen LogP contribution in [-0.4, -0.2) is 23.4 Å². The summed E-state index contributed by atoms with van der Waals surface area (Å²) in [7, 11) is 0. The van der Waals surface area contributed by atoms with E-state index in [1.165, 1.54) is 0 Å². The van der Waals surface area contributed by atoms with Gasteiger partial charge in [0.15, 0.2) is 0 Å². The molecule has 1 atom stereocenters. The molecule has 0 heterocycles. The molecule has 0 aromatic carbocycles. The third-order valence-electron chi connectivity index (χ3n) is 1.98. The van der Waals surface area contributed by atoms with Crippen LogP contribution in [0.15, 0.2) is 0 Å². The Labute approximate surface area is 69.2 Å². The van der Waals surface area contributed by atoms with E-state index in [0.29, 0.717) is 12.5 Å². The fourth-order valence-electron chi connectivity index (χ4n) is 1.28. The molecule has 2 N–H and O–H groups in total. The van der Waals surface area contributed by atoms with E-state index in [1.807, 2.05) is 0 Å². The van der Waals surface area contributed by atoms with Crippen LogP contribution in [0.5, 0.6) is 0 Å². The zero-order valence-electron chi connectivity index (χ0n) is 7.42. The average Bonchev–Trinajstić information content (AvgIpc) is 2.03. The lowest BCUT2D eigenvalue weighted by atomic mass is 9.98. The molecule has 0 saturated heterocycles. The molecule has 2 nitrogen and oxygen atoms in total. The highest BCUT2D eigenvalue weighted by Gasteiger charge is 2.04. The van der Waals surface area contributed by atoms with E-state index in [-0.39, 0.29) is 6.61 Å². The number of hydrogen-bond acceptors (Lipinski definition) is 2. The van der Waals surface area contributed by atoms with Crippen LogP contribution in [0.25, 0.3) is 0 Å². The molecule has 0 saturated carbocycles. The molecule has 0 aromatic rings. The highest BCUT2D eigenvalue weighted by atomic mass is 16.3. The van der Waals surface area contributed by atoms with Crippen molar-refractivity contribution in [3.05, 3.63) is 0 Å². The third-order valence-corrected chi connectivity index (χ3v) is 1.98. The fraction of sp³-hybridized carbons (Fsp3) is 1.00. The number of aliphatic hydroxyl groups excluding tert-OH is 2. The van der Waals surface area contributed by atoms with Crippen molar-refractivity contribution >= 4 is 0 Å². The van der Waals surface area contributed by atoms with E-state index in [1.54, 1.807) is 0 Å². The van der Waals surface area contributed by atoms with Gasteiger partial charge in [0.25, 0.3) is 0 Å². The van der Waals surface area contributed by atoms with Crippen molar-refractivity contribution in [2.75, 3.05) is 13.2 Å². The molecule has 0 bridgehead atoms.